The van der Waals surface area contributed by atoms with Crippen molar-refractivity contribution in [2.45, 2.75) is 43.9 Å². The molecule has 0 spiro atoms. The van der Waals surface area contributed by atoms with Gasteiger partial charge in [-0.15, -0.1) is 0 Å². The molecule has 1 N–H and O–H groups in total. The predicted molar refractivity (Wildman–Crippen MR) is 87.9 cm³/mol. The molecule has 1 aromatic heterocycles. The third-order valence-electron chi connectivity index (χ3n) is 5.79. The number of carbonyl (C=O) groups is 1. The number of hydrogen-bond acceptors (Lipinski definition) is 2. The van der Waals surface area contributed by atoms with Crippen molar-refractivity contribution in [3.8, 4) is 5.69 Å². The zero-order chi connectivity index (χ0) is 17.1. The molecular formula is C19H19F2N3O. The van der Waals surface area contributed by atoms with E-state index in [1.807, 2.05) is 0 Å². The average Bonchev–Trinajstić information content (AvgIpc) is 3.02. The Morgan fingerprint density at radius 2 is 2.00 bits per heavy atom. The van der Waals surface area contributed by atoms with Gasteiger partial charge in [-0.05, 0) is 56.1 Å². The summed E-state index contributed by atoms with van der Waals surface area (Å²) >= 11 is 0. The van der Waals surface area contributed by atoms with Crippen LogP contribution in [-0.4, -0.2) is 22.2 Å². The number of amides is 1. The second kappa shape index (κ2) is 5.38. The van der Waals surface area contributed by atoms with Crippen molar-refractivity contribution in [2.24, 2.45) is 5.92 Å². The minimum atomic E-state index is -0.655. The molecule has 6 heteroatoms. The summed E-state index contributed by atoms with van der Waals surface area (Å²) in [6, 6.07) is 3.49. The molecule has 130 valence electrons. The molecule has 0 saturated heterocycles. The molecule has 2 atom stereocenters. The lowest BCUT2D eigenvalue weighted by Crippen LogP contribution is -2.27. The summed E-state index contributed by atoms with van der Waals surface area (Å²) in [6.07, 6.45) is 5.42. The third kappa shape index (κ3) is 2.38. The minimum Gasteiger partial charge on any atom is -0.350 e. The van der Waals surface area contributed by atoms with E-state index < -0.39 is 11.6 Å². The Hall–Kier alpha value is -2.24. The standard InChI is InChI=1S/C19H19F2N3O/c20-13-5-6-15(14(21)8-13)24-18-12-4-3-11(7-12)16(18)17(23-24)19(25)22-9-10-1-2-10/h5-6,8,10-12H,1-4,7,9H2,(H,22,25). The molecule has 2 fully saturated rings. The van der Waals surface area contributed by atoms with Gasteiger partial charge >= 0.3 is 0 Å². The van der Waals surface area contributed by atoms with Crippen molar-refractivity contribution in [1.82, 2.24) is 15.1 Å². The van der Waals surface area contributed by atoms with Crippen LogP contribution in [0.1, 0.15) is 65.7 Å². The maximum absolute atomic E-state index is 14.3. The summed E-state index contributed by atoms with van der Waals surface area (Å²) < 4.78 is 29.1. The van der Waals surface area contributed by atoms with Crippen LogP contribution in [0.25, 0.3) is 5.69 Å². The van der Waals surface area contributed by atoms with Crippen molar-refractivity contribution >= 4 is 5.91 Å². The van der Waals surface area contributed by atoms with Crippen LogP contribution in [0.2, 0.25) is 0 Å². The lowest BCUT2D eigenvalue weighted by atomic mass is 9.95. The number of carbonyl (C=O) groups excluding carboxylic acids is 1. The van der Waals surface area contributed by atoms with Gasteiger partial charge in [0, 0.05) is 24.1 Å². The fourth-order valence-corrected chi connectivity index (χ4v) is 4.38. The number of aromatic nitrogens is 2. The molecule has 2 saturated carbocycles. The summed E-state index contributed by atoms with van der Waals surface area (Å²) in [5.74, 6) is -0.213. The van der Waals surface area contributed by atoms with E-state index in [0.717, 1.165) is 49.4 Å². The number of rotatable bonds is 4. The second-order valence-corrected chi connectivity index (χ2v) is 7.52. The number of nitrogens with one attached hydrogen (secondary N) is 1. The van der Waals surface area contributed by atoms with E-state index in [4.69, 9.17) is 0 Å². The Kier molecular flexibility index (Phi) is 3.24. The van der Waals surface area contributed by atoms with Gasteiger partial charge in [0.05, 0.1) is 5.69 Å². The SMILES string of the molecule is O=C(NCC1CC1)c1nn(-c2ccc(F)cc2F)c2c1C1CCC2C1. The molecule has 1 amide bonds. The fraction of sp³-hybridized carbons (Fsp3) is 0.474. The van der Waals surface area contributed by atoms with E-state index >= 15 is 0 Å². The molecule has 1 heterocycles. The van der Waals surface area contributed by atoms with E-state index in [1.54, 1.807) is 4.68 Å². The fourth-order valence-electron chi connectivity index (χ4n) is 4.38. The van der Waals surface area contributed by atoms with Crippen LogP contribution in [0.4, 0.5) is 8.78 Å². The van der Waals surface area contributed by atoms with Gasteiger partial charge in [-0.2, -0.15) is 5.10 Å². The normalized spacial score (nSPS) is 23.8. The number of hydrogen-bond donors (Lipinski definition) is 1. The minimum absolute atomic E-state index is 0.169. The molecule has 1 aromatic carbocycles. The summed E-state index contributed by atoms with van der Waals surface area (Å²) in [5, 5.41) is 7.44. The number of nitrogens with zero attached hydrogens (tertiary/aromatic N) is 2. The van der Waals surface area contributed by atoms with E-state index in [9.17, 15) is 13.6 Å². The first-order valence-corrected chi connectivity index (χ1v) is 8.98. The zero-order valence-electron chi connectivity index (χ0n) is 13.8. The molecule has 2 bridgehead atoms. The molecule has 0 aliphatic heterocycles. The Labute approximate surface area is 144 Å². The molecule has 0 radical (unpaired) electrons. The topological polar surface area (TPSA) is 46.9 Å². The predicted octanol–water partition coefficient (Wildman–Crippen LogP) is 3.66. The summed E-state index contributed by atoms with van der Waals surface area (Å²) in [4.78, 5) is 12.7. The first kappa shape index (κ1) is 15.0. The molecule has 5 rings (SSSR count). The van der Waals surface area contributed by atoms with Crippen LogP contribution >= 0.6 is 0 Å². The maximum Gasteiger partial charge on any atom is 0.272 e. The maximum atomic E-state index is 14.3. The zero-order valence-corrected chi connectivity index (χ0v) is 13.8. The smallest absolute Gasteiger partial charge is 0.272 e. The lowest BCUT2D eigenvalue weighted by molar-refractivity contribution is 0.0945. The van der Waals surface area contributed by atoms with Crippen LogP contribution in [0, 0.1) is 17.6 Å². The van der Waals surface area contributed by atoms with Crippen LogP contribution in [-0.2, 0) is 0 Å². The van der Waals surface area contributed by atoms with E-state index in [0.29, 0.717) is 30.0 Å². The third-order valence-corrected chi connectivity index (χ3v) is 5.79. The van der Waals surface area contributed by atoms with Crippen LogP contribution in [0.3, 0.4) is 0 Å². The van der Waals surface area contributed by atoms with Gasteiger partial charge in [-0.25, -0.2) is 13.5 Å². The molecule has 2 unspecified atom stereocenters. The number of fused-ring (bicyclic) bond motifs is 5. The first-order valence-electron chi connectivity index (χ1n) is 8.98. The Morgan fingerprint density at radius 3 is 2.76 bits per heavy atom. The Balaban J connectivity index is 1.59. The van der Waals surface area contributed by atoms with Crippen molar-refractivity contribution in [1.29, 1.82) is 0 Å². The lowest BCUT2D eigenvalue weighted by Gasteiger charge is -2.14. The number of benzene rings is 1. The van der Waals surface area contributed by atoms with Crippen LogP contribution in [0.5, 0.6) is 0 Å². The van der Waals surface area contributed by atoms with Crippen molar-refractivity contribution in [2.75, 3.05) is 6.54 Å². The highest BCUT2D eigenvalue weighted by Gasteiger charge is 2.44. The average molecular weight is 343 g/mol. The highest BCUT2D eigenvalue weighted by atomic mass is 19.1. The highest BCUT2D eigenvalue weighted by Crippen LogP contribution is 2.54. The molecule has 4 nitrogen and oxygen atoms in total. The summed E-state index contributed by atoms with van der Waals surface area (Å²) in [6.45, 7) is 0.680. The van der Waals surface area contributed by atoms with E-state index in [2.05, 4.69) is 10.4 Å². The van der Waals surface area contributed by atoms with Crippen molar-refractivity contribution < 1.29 is 13.6 Å². The first-order chi connectivity index (χ1) is 12.1. The number of halogens is 2. The van der Waals surface area contributed by atoms with Gasteiger partial charge in [0.1, 0.15) is 11.5 Å². The Bertz CT molecular complexity index is 872. The Morgan fingerprint density at radius 1 is 1.20 bits per heavy atom. The van der Waals surface area contributed by atoms with Crippen molar-refractivity contribution in [3.05, 3.63) is 46.8 Å². The van der Waals surface area contributed by atoms with Gasteiger partial charge in [-0.3, -0.25) is 4.79 Å². The van der Waals surface area contributed by atoms with Crippen LogP contribution < -0.4 is 5.32 Å². The highest BCUT2D eigenvalue weighted by molar-refractivity contribution is 5.94. The second-order valence-electron chi connectivity index (χ2n) is 7.52. The van der Waals surface area contributed by atoms with Crippen LogP contribution in [0.15, 0.2) is 18.2 Å². The van der Waals surface area contributed by atoms with Crippen molar-refractivity contribution in [3.63, 3.8) is 0 Å². The summed E-state index contributed by atoms with van der Waals surface area (Å²) in [7, 11) is 0. The molecule has 3 aliphatic rings. The van der Waals surface area contributed by atoms with Gasteiger partial charge in [0.2, 0.25) is 0 Å². The quantitative estimate of drug-likeness (QED) is 0.921. The monoisotopic (exact) mass is 343 g/mol. The molecule has 3 aliphatic carbocycles. The van der Waals surface area contributed by atoms with Gasteiger partial charge in [0.25, 0.3) is 5.91 Å². The van der Waals surface area contributed by atoms with Gasteiger partial charge < -0.3 is 5.32 Å². The molecular weight excluding hydrogens is 324 g/mol. The van der Waals surface area contributed by atoms with Gasteiger partial charge in [0.15, 0.2) is 11.5 Å². The van der Waals surface area contributed by atoms with E-state index in [-0.39, 0.29) is 11.6 Å². The molecule has 25 heavy (non-hydrogen) atoms. The summed E-state index contributed by atoms with van der Waals surface area (Å²) in [5.41, 5.74) is 2.56. The van der Waals surface area contributed by atoms with E-state index in [1.165, 1.54) is 12.1 Å². The molecule has 2 aromatic rings. The largest absolute Gasteiger partial charge is 0.350 e. The van der Waals surface area contributed by atoms with Gasteiger partial charge in [-0.1, -0.05) is 0 Å².